The number of ether oxygens (including phenoxy) is 1. The van der Waals surface area contributed by atoms with Gasteiger partial charge in [-0.3, -0.25) is 4.79 Å². The summed E-state index contributed by atoms with van der Waals surface area (Å²) in [5.74, 6) is -1.88. The molecule has 1 aromatic heterocycles. The van der Waals surface area contributed by atoms with Gasteiger partial charge in [-0.1, -0.05) is 20.8 Å². The largest absolute Gasteiger partial charge is 0.382 e. The van der Waals surface area contributed by atoms with Crippen molar-refractivity contribution in [2.45, 2.75) is 56.2 Å². The Morgan fingerprint density at radius 1 is 1.15 bits per heavy atom. The summed E-state index contributed by atoms with van der Waals surface area (Å²) in [7, 11) is 0. The average Bonchev–Trinajstić information content (AvgIpc) is 3.08. The number of carbonyl (C=O) groups excluding carboxylic acids is 1. The molecule has 4 aliphatic rings. The number of aliphatic hydroxyl groups is 1. The fraction of sp³-hybridized carbons (Fsp3) is 0.478. The molecule has 3 aliphatic heterocycles. The Morgan fingerprint density at radius 2 is 1.82 bits per heavy atom. The third-order valence-corrected chi connectivity index (χ3v) is 6.95. The number of halogens is 2. The van der Waals surface area contributed by atoms with Gasteiger partial charge in [-0.05, 0) is 23.8 Å². The average molecular weight is 455 g/mol. The third kappa shape index (κ3) is 2.80. The van der Waals surface area contributed by atoms with Crippen molar-refractivity contribution in [1.82, 2.24) is 14.7 Å². The highest BCUT2D eigenvalue weighted by Crippen LogP contribution is 2.52. The van der Waals surface area contributed by atoms with E-state index in [9.17, 15) is 9.90 Å². The van der Waals surface area contributed by atoms with Crippen molar-refractivity contribution in [1.29, 1.82) is 0 Å². The van der Waals surface area contributed by atoms with E-state index in [2.05, 4.69) is 15.1 Å². The number of nitrogens with zero attached hydrogens (tertiary/aromatic N) is 5. The molecule has 1 N–H and O–H groups in total. The molecular weight excluding hydrogens is 432 g/mol. The zero-order valence-electron chi connectivity index (χ0n) is 18.5. The van der Waals surface area contributed by atoms with Crippen molar-refractivity contribution < 1.29 is 23.4 Å². The molecule has 33 heavy (non-hydrogen) atoms. The Bertz CT molecular complexity index is 1240. The van der Waals surface area contributed by atoms with Crippen molar-refractivity contribution in [3.05, 3.63) is 47.3 Å². The SMILES string of the molecule is CC(C)(C)c1cnn(-c2cc(F)c(C3=NC4=NC(=O)C5(CC5)N4C3C3(O)COC3)c(F)c2)c1. The molecule has 2 fully saturated rings. The fourth-order valence-electron chi connectivity index (χ4n) is 4.79. The van der Waals surface area contributed by atoms with E-state index in [0.717, 1.165) is 5.56 Å². The Morgan fingerprint density at radius 3 is 2.33 bits per heavy atom. The smallest absolute Gasteiger partial charge is 0.274 e. The van der Waals surface area contributed by atoms with E-state index in [0.29, 0.717) is 12.8 Å². The lowest BCUT2D eigenvalue weighted by atomic mass is 9.84. The maximum absolute atomic E-state index is 15.4. The van der Waals surface area contributed by atoms with E-state index in [4.69, 9.17) is 4.74 Å². The van der Waals surface area contributed by atoms with Crippen LogP contribution in [0.15, 0.2) is 34.5 Å². The molecule has 0 radical (unpaired) electrons. The molecule has 1 saturated carbocycles. The predicted octanol–water partition coefficient (Wildman–Crippen LogP) is 2.11. The summed E-state index contributed by atoms with van der Waals surface area (Å²) >= 11 is 0. The van der Waals surface area contributed by atoms with E-state index >= 15 is 8.78 Å². The van der Waals surface area contributed by atoms with Crippen molar-refractivity contribution >= 4 is 17.6 Å². The summed E-state index contributed by atoms with van der Waals surface area (Å²) in [4.78, 5) is 22.4. The number of hydrogen-bond acceptors (Lipinski definition) is 6. The zero-order chi connectivity index (χ0) is 23.3. The highest BCUT2D eigenvalue weighted by molar-refractivity contribution is 6.22. The number of hydrogen-bond donors (Lipinski definition) is 1. The quantitative estimate of drug-likeness (QED) is 0.766. The van der Waals surface area contributed by atoms with Crippen molar-refractivity contribution in [3.8, 4) is 5.69 Å². The second kappa shape index (κ2) is 6.32. The van der Waals surface area contributed by atoms with Gasteiger partial charge in [-0.2, -0.15) is 10.1 Å². The van der Waals surface area contributed by atoms with Crippen LogP contribution in [0.1, 0.15) is 44.7 Å². The third-order valence-electron chi connectivity index (χ3n) is 6.95. The summed E-state index contributed by atoms with van der Waals surface area (Å²) in [5, 5.41) is 15.4. The molecule has 1 aromatic carbocycles. The molecule has 1 unspecified atom stereocenters. The summed E-state index contributed by atoms with van der Waals surface area (Å²) in [5.41, 5.74) is -1.61. The number of rotatable bonds is 3. The van der Waals surface area contributed by atoms with Gasteiger partial charge in [0, 0.05) is 18.3 Å². The first kappa shape index (κ1) is 20.6. The topological polar surface area (TPSA) is 92.3 Å². The van der Waals surface area contributed by atoms with Gasteiger partial charge >= 0.3 is 0 Å². The van der Waals surface area contributed by atoms with E-state index in [1.807, 2.05) is 20.8 Å². The molecule has 172 valence electrons. The zero-order valence-corrected chi connectivity index (χ0v) is 18.5. The molecule has 10 heteroatoms. The Hall–Kier alpha value is -2.98. The lowest BCUT2D eigenvalue weighted by Gasteiger charge is -2.46. The Labute approximate surface area is 188 Å². The van der Waals surface area contributed by atoms with E-state index in [-0.39, 0.29) is 47.5 Å². The first-order chi connectivity index (χ1) is 15.5. The molecule has 4 heterocycles. The number of amides is 1. The lowest BCUT2D eigenvalue weighted by molar-refractivity contribution is -0.195. The van der Waals surface area contributed by atoms with Crippen LogP contribution < -0.4 is 0 Å². The summed E-state index contributed by atoms with van der Waals surface area (Å²) in [6.07, 6.45) is 4.54. The second-order valence-corrected chi connectivity index (χ2v) is 10.3. The van der Waals surface area contributed by atoms with Gasteiger partial charge in [0.15, 0.2) is 0 Å². The Kier molecular flexibility index (Phi) is 3.95. The number of carbonyl (C=O) groups is 1. The minimum atomic E-state index is -1.42. The van der Waals surface area contributed by atoms with Gasteiger partial charge in [0.05, 0.1) is 36.4 Å². The molecule has 1 amide bonds. The number of fused-ring (bicyclic) bond motifs is 2. The van der Waals surface area contributed by atoms with Crippen molar-refractivity contribution in [2.24, 2.45) is 9.98 Å². The van der Waals surface area contributed by atoms with Crippen LogP contribution >= 0.6 is 0 Å². The normalized spacial score (nSPS) is 24.6. The lowest BCUT2D eigenvalue weighted by Crippen LogP contribution is -2.67. The van der Waals surface area contributed by atoms with Crippen LogP contribution in [0.5, 0.6) is 0 Å². The first-order valence-electron chi connectivity index (χ1n) is 10.9. The number of aromatic nitrogens is 2. The number of guanidine groups is 1. The van der Waals surface area contributed by atoms with Crippen molar-refractivity contribution in [3.63, 3.8) is 0 Å². The summed E-state index contributed by atoms with van der Waals surface area (Å²) in [6.45, 7) is 6.04. The maximum atomic E-state index is 15.4. The highest BCUT2D eigenvalue weighted by atomic mass is 19.1. The van der Waals surface area contributed by atoms with Crippen LogP contribution in [0, 0.1) is 11.6 Å². The molecule has 1 saturated heterocycles. The molecule has 1 aliphatic carbocycles. The number of benzene rings is 1. The van der Waals surface area contributed by atoms with E-state index in [1.54, 1.807) is 17.3 Å². The molecule has 1 atom stereocenters. The van der Waals surface area contributed by atoms with E-state index in [1.165, 1.54) is 16.8 Å². The monoisotopic (exact) mass is 455 g/mol. The van der Waals surface area contributed by atoms with Crippen molar-refractivity contribution in [2.75, 3.05) is 13.2 Å². The molecule has 8 nitrogen and oxygen atoms in total. The predicted molar refractivity (Wildman–Crippen MR) is 115 cm³/mol. The van der Waals surface area contributed by atoms with Crippen LogP contribution in [-0.4, -0.2) is 67.8 Å². The highest BCUT2D eigenvalue weighted by Gasteiger charge is 2.68. The molecule has 6 rings (SSSR count). The van der Waals surface area contributed by atoms with Gasteiger partial charge in [0.1, 0.15) is 28.8 Å². The fourth-order valence-corrected chi connectivity index (χ4v) is 4.79. The summed E-state index contributed by atoms with van der Waals surface area (Å²) < 4.78 is 37.5. The van der Waals surface area contributed by atoms with Gasteiger partial charge in [-0.25, -0.2) is 18.5 Å². The molecule has 2 aromatic rings. The van der Waals surface area contributed by atoms with Gasteiger partial charge in [0.2, 0.25) is 5.96 Å². The standard InChI is InChI=1S/C23H23F2N5O3/c1-21(2,3)12-8-26-29(9-12)13-6-14(24)16(15(25)7-13)17-18(23(32)10-33-11-23)30-20(27-17)28-19(31)22(30)4-5-22/h6-9,18,32H,4-5,10-11H2,1-3H3. The number of aliphatic imine (C=N–C) groups is 2. The van der Waals surface area contributed by atoms with Crippen LogP contribution in [0.4, 0.5) is 8.78 Å². The van der Waals surface area contributed by atoms with Crippen LogP contribution in [0.2, 0.25) is 0 Å². The Balaban J connectivity index is 1.44. The molecular formula is C23H23F2N5O3. The maximum Gasteiger partial charge on any atom is 0.274 e. The first-order valence-corrected chi connectivity index (χ1v) is 10.9. The minimum absolute atomic E-state index is 0.0189. The van der Waals surface area contributed by atoms with Crippen LogP contribution in [0.3, 0.4) is 0 Å². The van der Waals surface area contributed by atoms with E-state index < -0.39 is 28.8 Å². The summed E-state index contributed by atoms with van der Waals surface area (Å²) in [6, 6.07) is 1.47. The van der Waals surface area contributed by atoms with Gasteiger partial charge < -0.3 is 14.7 Å². The van der Waals surface area contributed by atoms with Crippen LogP contribution in [0.25, 0.3) is 5.69 Å². The van der Waals surface area contributed by atoms with Gasteiger partial charge in [-0.15, -0.1) is 0 Å². The second-order valence-electron chi connectivity index (χ2n) is 10.3. The van der Waals surface area contributed by atoms with Gasteiger partial charge in [0.25, 0.3) is 5.91 Å². The molecule has 1 spiro atoms. The van der Waals surface area contributed by atoms with Crippen LogP contribution in [-0.2, 0) is 14.9 Å². The molecule has 0 bridgehead atoms. The minimum Gasteiger partial charge on any atom is -0.382 e.